The second-order valence-electron chi connectivity index (χ2n) is 3.20. The number of rotatable bonds is 1. The number of benzene rings is 1. The first kappa shape index (κ1) is 10.2. The van der Waals surface area contributed by atoms with E-state index in [1.54, 1.807) is 24.3 Å². The summed E-state index contributed by atoms with van der Waals surface area (Å²) in [6, 6.07) is 8.34. The predicted molar refractivity (Wildman–Crippen MR) is 56.7 cm³/mol. The lowest BCUT2D eigenvalue weighted by Crippen LogP contribution is -2.17. The van der Waals surface area contributed by atoms with Gasteiger partial charge in [-0.05, 0) is 12.1 Å². The number of aromatic nitrogens is 1. The SMILES string of the molecule is COC(=O)n1c(C(=O)O)cc2ccccc21. The number of nitrogens with zero attached hydrogens (tertiary/aromatic N) is 1. The number of hydrogen-bond donors (Lipinski definition) is 1. The average molecular weight is 219 g/mol. The van der Waals surface area contributed by atoms with Crippen LogP contribution in [0.1, 0.15) is 10.5 Å². The van der Waals surface area contributed by atoms with Crippen LogP contribution in [0.5, 0.6) is 0 Å². The fourth-order valence-corrected chi connectivity index (χ4v) is 1.60. The van der Waals surface area contributed by atoms with Crippen molar-refractivity contribution < 1.29 is 19.4 Å². The van der Waals surface area contributed by atoms with Crippen LogP contribution in [-0.4, -0.2) is 28.8 Å². The Kier molecular flexibility index (Phi) is 2.36. The fraction of sp³-hybridized carbons (Fsp3) is 0.0909. The van der Waals surface area contributed by atoms with Crippen molar-refractivity contribution >= 4 is 23.0 Å². The lowest BCUT2D eigenvalue weighted by atomic mass is 10.2. The first-order valence-corrected chi connectivity index (χ1v) is 4.57. The van der Waals surface area contributed by atoms with E-state index in [2.05, 4.69) is 4.74 Å². The smallest absolute Gasteiger partial charge is 0.418 e. The van der Waals surface area contributed by atoms with Gasteiger partial charge in [-0.3, -0.25) is 0 Å². The van der Waals surface area contributed by atoms with Crippen molar-refractivity contribution in [2.24, 2.45) is 0 Å². The number of aromatic carboxylic acids is 1. The van der Waals surface area contributed by atoms with Crippen LogP contribution in [0, 0.1) is 0 Å². The van der Waals surface area contributed by atoms with Gasteiger partial charge in [0.2, 0.25) is 0 Å². The number of carboxylic acids is 1. The van der Waals surface area contributed by atoms with Crippen molar-refractivity contribution in [3.8, 4) is 0 Å². The number of carbonyl (C=O) groups excluding carboxylic acids is 1. The second kappa shape index (κ2) is 3.69. The molecule has 5 nitrogen and oxygen atoms in total. The van der Waals surface area contributed by atoms with Crippen LogP contribution in [-0.2, 0) is 4.74 Å². The molecule has 1 N–H and O–H groups in total. The summed E-state index contributed by atoms with van der Waals surface area (Å²) in [5.41, 5.74) is 0.416. The molecule has 1 aromatic carbocycles. The van der Waals surface area contributed by atoms with Crippen molar-refractivity contribution in [1.29, 1.82) is 0 Å². The molecule has 0 radical (unpaired) electrons. The predicted octanol–water partition coefficient (Wildman–Crippen LogP) is 1.95. The van der Waals surface area contributed by atoms with Crippen LogP contribution in [0.3, 0.4) is 0 Å². The summed E-state index contributed by atoms with van der Waals surface area (Å²) in [5, 5.41) is 9.67. The molecule has 0 spiro atoms. The maximum absolute atomic E-state index is 11.5. The van der Waals surface area contributed by atoms with E-state index < -0.39 is 12.1 Å². The fourth-order valence-electron chi connectivity index (χ4n) is 1.60. The summed E-state index contributed by atoms with van der Waals surface area (Å²) < 4.78 is 5.59. The molecule has 0 aliphatic rings. The van der Waals surface area contributed by atoms with Gasteiger partial charge >= 0.3 is 12.1 Å². The van der Waals surface area contributed by atoms with Gasteiger partial charge in [0.15, 0.2) is 0 Å². The molecule has 2 rings (SSSR count). The molecule has 0 aliphatic carbocycles. The van der Waals surface area contributed by atoms with E-state index in [9.17, 15) is 9.59 Å². The summed E-state index contributed by atoms with van der Waals surface area (Å²) in [7, 11) is 1.21. The summed E-state index contributed by atoms with van der Waals surface area (Å²) in [5.74, 6) is -1.17. The third-order valence-electron chi connectivity index (χ3n) is 2.29. The molecule has 16 heavy (non-hydrogen) atoms. The van der Waals surface area contributed by atoms with Crippen molar-refractivity contribution in [1.82, 2.24) is 4.57 Å². The molecule has 82 valence electrons. The van der Waals surface area contributed by atoms with Gasteiger partial charge in [0.25, 0.3) is 0 Å². The Morgan fingerprint density at radius 1 is 1.31 bits per heavy atom. The third kappa shape index (κ3) is 1.42. The first-order valence-electron chi connectivity index (χ1n) is 4.57. The van der Waals surface area contributed by atoms with Gasteiger partial charge < -0.3 is 9.84 Å². The Morgan fingerprint density at radius 2 is 2.00 bits per heavy atom. The molecule has 0 atom stereocenters. The summed E-state index contributed by atoms with van der Waals surface area (Å²) >= 11 is 0. The normalized spacial score (nSPS) is 10.3. The number of methoxy groups -OCH3 is 1. The van der Waals surface area contributed by atoms with E-state index in [1.807, 2.05) is 0 Å². The largest absolute Gasteiger partial charge is 0.477 e. The molecule has 0 saturated heterocycles. The molecule has 0 amide bonds. The van der Waals surface area contributed by atoms with Gasteiger partial charge in [0, 0.05) is 5.39 Å². The van der Waals surface area contributed by atoms with Crippen LogP contribution < -0.4 is 0 Å². The number of carboxylic acid groups (broad SMARTS) is 1. The number of ether oxygens (including phenoxy) is 1. The van der Waals surface area contributed by atoms with Crippen molar-refractivity contribution in [2.75, 3.05) is 7.11 Å². The minimum atomic E-state index is -1.17. The minimum absolute atomic E-state index is 0.104. The Balaban J connectivity index is 2.79. The highest BCUT2D eigenvalue weighted by molar-refractivity contribution is 6.00. The number of fused-ring (bicyclic) bond motifs is 1. The summed E-state index contributed by atoms with van der Waals surface area (Å²) in [6.07, 6.45) is -0.710. The molecule has 5 heteroatoms. The van der Waals surface area contributed by atoms with Crippen LogP contribution >= 0.6 is 0 Å². The zero-order valence-electron chi connectivity index (χ0n) is 8.51. The molecule has 0 saturated carbocycles. The minimum Gasteiger partial charge on any atom is -0.477 e. The third-order valence-corrected chi connectivity index (χ3v) is 2.29. The van der Waals surface area contributed by atoms with Crippen molar-refractivity contribution in [3.63, 3.8) is 0 Å². The Bertz CT molecular complexity index is 570. The monoisotopic (exact) mass is 219 g/mol. The molecule has 2 aromatic rings. The lowest BCUT2D eigenvalue weighted by Gasteiger charge is -2.04. The van der Waals surface area contributed by atoms with Gasteiger partial charge in [-0.2, -0.15) is 0 Å². The topological polar surface area (TPSA) is 68.5 Å². The van der Waals surface area contributed by atoms with E-state index >= 15 is 0 Å². The molecule has 0 unspecified atom stereocenters. The molecule has 0 aliphatic heterocycles. The lowest BCUT2D eigenvalue weighted by molar-refractivity contribution is 0.0683. The van der Waals surface area contributed by atoms with E-state index in [-0.39, 0.29) is 5.69 Å². The molecule has 1 aromatic heterocycles. The molecular formula is C11H9NO4. The maximum Gasteiger partial charge on any atom is 0.418 e. The number of hydrogen-bond acceptors (Lipinski definition) is 3. The van der Waals surface area contributed by atoms with Gasteiger partial charge in [0.05, 0.1) is 12.6 Å². The van der Waals surface area contributed by atoms with E-state index in [0.717, 1.165) is 4.57 Å². The summed E-state index contributed by atoms with van der Waals surface area (Å²) in [4.78, 5) is 22.5. The number of para-hydroxylation sites is 1. The highest BCUT2D eigenvalue weighted by Gasteiger charge is 2.19. The Morgan fingerprint density at radius 3 is 2.62 bits per heavy atom. The van der Waals surface area contributed by atoms with Gasteiger partial charge in [-0.25, -0.2) is 14.2 Å². The van der Waals surface area contributed by atoms with Crippen LogP contribution in [0.15, 0.2) is 30.3 Å². The highest BCUT2D eigenvalue weighted by Crippen LogP contribution is 2.19. The van der Waals surface area contributed by atoms with Crippen LogP contribution in [0.4, 0.5) is 4.79 Å². The standard InChI is InChI=1S/C11H9NO4/c1-16-11(15)12-8-5-3-2-4-7(8)6-9(12)10(13)14/h2-6H,1H3,(H,13,14). The van der Waals surface area contributed by atoms with Crippen molar-refractivity contribution in [2.45, 2.75) is 0 Å². The average Bonchev–Trinajstić information content (AvgIpc) is 2.67. The number of carbonyl (C=O) groups is 2. The van der Waals surface area contributed by atoms with E-state index in [0.29, 0.717) is 10.9 Å². The van der Waals surface area contributed by atoms with E-state index in [1.165, 1.54) is 13.2 Å². The highest BCUT2D eigenvalue weighted by atomic mass is 16.5. The molecule has 0 bridgehead atoms. The second-order valence-corrected chi connectivity index (χ2v) is 3.20. The zero-order valence-corrected chi connectivity index (χ0v) is 8.51. The van der Waals surface area contributed by atoms with E-state index in [4.69, 9.17) is 5.11 Å². The Hall–Kier alpha value is -2.30. The van der Waals surface area contributed by atoms with Gasteiger partial charge in [-0.15, -0.1) is 0 Å². The first-order chi connectivity index (χ1) is 7.65. The van der Waals surface area contributed by atoms with Crippen LogP contribution in [0.25, 0.3) is 10.9 Å². The van der Waals surface area contributed by atoms with Crippen molar-refractivity contribution in [3.05, 3.63) is 36.0 Å². The molecule has 1 heterocycles. The van der Waals surface area contributed by atoms with Gasteiger partial charge in [-0.1, -0.05) is 18.2 Å². The van der Waals surface area contributed by atoms with Gasteiger partial charge in [0.1, 0.15) is 5.69 Å². The molecule has 0 fully saturated rings. The maximum atomic E-state index is 11.5. The Labute approximate surface area is 90.9 Å². The zero-order chi connectivity index (χ0) is 11.7. The molecular weight excluding hydrogens is 210 g/mol. The quantitative estimate of drug-likeness (QED) is 0.795. The van der Waals surface area contributed by atoms with Crippen LogP contribution in [0.2, 0.25) is 0 Å². The summed E-state index contributed by atoms with van der Waals surface area (Å²) in [6.45, 7) is 0.